The van der Waals surface area contributed by atoms with E-state index in [4.69, 9.17) is 5.73 Å². The molecule has 0 unspecified atom stereocenters. The number of nitrogens with one attached hydrogen (secondary N) is 2. The van der Waals surface area contributed by atoms with Gasteiger partial charge < -0.3 is 16.0 Å². The number of benzene rings is 2. The maximum absolute atomic E-state index is 5.89. The molecule has 0 aliphatic carbocycles. The molecule has 27 heavy (non-hydrogen) atoms. The van der Waals surface area contributed by atoms with Crippen molar-refractivity contribution < 1.29 is 0 Å². The number of anilines is 1. The second kappa shape index (κ2) is 7.17. The Bertz CT molecular complexity index is 1080. The predicted molar refractivity (Wildman–Crippen MR) is 108 cm³/mol. The maximum atomic E-state index is 5.89. The second-order valence-corrected chi connectivity index (χ2v) is 6.54. The van der Waals surface area contributed by atoms with Gasteiger partial charge >= 0.3 is 0 Å². The van der Waals surface area contributed by atoms with Gasteiger partial charge in [0.15, 0.2) is 5.82 Å². The van der Waals surface area contributed by atoms with Crippen LogP contribution in [0.1, 0.15) is 22.6 Å². The van der Waals surface area contributed by atoms with Crippen LogP contribution in [0.15, 0.2) is 48.5 Å². The molecule has 0 aliphatic rings. The molecule has 0 fully saturated rings. The average Bonchev–Trinajstić information content (AvgIpc) is 3.02. The van der Waals surface area contributed by atoms with Crippen LogP contribution in [0.3, 0.4) is 0 Å². The molecule has 0 bridgehead atoms. The molecule has 0 aliphatic heterocycles. The van der Waals surface area contributed by atoms with Crippen LogP contribution in [-0.4, -0.2) is 19.9 Å². The molecule has 4 rings (SSSR count). The number of rotatable bonds is 5. The van der Waals surface area contributed by atoms with Crippen LogP contribution in [-0.2, 0) is 13.1 Å². The minimum atomic E-state index is 0.483. The molecular formula is C21H22N6. The summed E-state index contributed by atoms with van der Waals surface area (Å²) in [7, 11) is 0. The van der Waals surface area contributed by atoms with Crippen LogP contribution in [0.4, 0.5) is 5.95 Å². The third-order valence-corrected chi connectivity index (χ3v) is 4.59. The topological polar surface area (TPSA) is 92.5 Å². The van der Waals surface area contributed by atoms with Crippen LogP contribution >= 0.6 is 0 Å². The SMILES string of the molecule is Cc1nc(NCc2ccccc2)nc(-c2c(C)[nH]c3c(CN)cccc23)n1. The number of aromatic nitrogens is 4. The van der Waals surface area contributed by atoms with Gasteiger partial charge in [0.2, 0.25) is 5.95 Å². The highest BCUT2D eigenvalue weighted by atomic mass is 15.2. The van der Waals surface area contributed by atoms with Gasteiger partial charge in [-0.05, 0) is 25.0 Å². The molecule has 0 saturated heterocycles. The first kappa shape index (κ1) is 17.2. The summed E-state index contributed by atoms with van der Waals surface area (Å²) in [6.07, 6.45) is 0. The summed E-state index contributed by atoms with van der Waals surface area (Å²) in [6, 6.07) is 16.3. The molecule has 2 aromatic carbocycles. The highest BCUT2D eigenvalue weighted by Gasteiger charge is 2.16. The van der Waals surface area contributed by atoms with Gasteiger partial charge in [0.25, 0.3) is 0 Å². The van der Waals surface area contributed by atoms with E-state index in [0.717, 1.165) is 27.7 Å². The number of H-pyrrole nitrogens is 1. The standard InChI is InChI=1S/C21H22N6/c1-13-18(17-10-6-9-16(11-22)19(17)24-13)20-25-14(2)26-21(27-20)23-12-15-7-4-3-5-8-15/h3-10,24H,11-12,22H2,1-2H3,(H,23,25,26,27). The molecule has 0 amide bonds. The molecule has 6 heteroatoms. The Labute approximate surface area is 157 Å². The molecule has 6 nitrogen and oxygen atoms in total. The number of hydrogen-bond acceptors (Lipinski definition) is 5. The lowest BCUT2D eigenvalue weighted by molar-refractivity contribution is 0.959. The highest BCUT2D eigenvalue weighted by molar-refractivity contribution is 5.97. The lowest BCUT2D eigenvalue weighted by Gasteiger charge is -2.08. The molecule has 136 valence electrons. The Hall–Kier alpha value is -3.25. The monoisotopic (exact) mass is 358 g/mol. The molecule has 2 aromatic heterocycles. The number of aromatic amines is 1. The summed E-state index contributed by atoms with van der Waals surface area (Å²) in [5, 5.41) is 4.38. The average molecular weight is 358 g/mol. The van der Waals surface area contributed by atoms with E-state index in [9.17, 15) is 0 Å². The minimum absolute atomic E-state index is 0.483. The van der Waals surface area contributed by atoms with Gasteiger partial charge in [0, 0.05) is 29.7 Å². The molecule has 2 heterocycles. The fourth-order valence-electron chi connectivity index (χ4n) is 3.32. The fraction of sp³-hybridized carbons (Fsp3) is 0.190. The van der Waals surface area contributed by atoms with Crippen LogP contribution in [0.2, 0.25) is 0 Å². The molecule has 4 aromatic rings. The van der Waals surface area contributed by atoms with Crippen molar-refractivity contribution in [2.24, 2.45) is 5.73 Å². The number of nitrogens with zero attached hydrogens (tertiary/aromatic N) is 3. The van der Waals surface area contributed by atoms with Crippen LogP contribution < -0.4 is 11.1 Å². The van der Waals surface area contributed by atoms with E-state index < -0.39 is 0 Å². The van der Waals surface area contributed by atoms with Gasteiger partial charge in [0.1, 0.15) is 5.82 Å². The van der Waals surface area contributed by atoms with E-state index in [-0.39, 0.29) is 0 Å². The summed E-state index contributed by atoms with van der Waals surface area (Å²) >= 11 is 0. The van der Waals surface area contributed by atoms with E-state index in [2.05, 4.69) is 43.5 Å². The van der Waals surface area contributed by atoms with Crippen molar-refractivity contribution in [3.05, 3.63) is 71.2 Å². The minimum Gasteiger partial charge on any atom is -0.358 e. The molecule has 4 N–H and O–H groups in total. The van der Waals surface area contributed by atoms with E-state index in [1.807, 2.05) is 44.2 Å². The number of para-hydroxylation sites is 1. The van der Waals surface area contributed by atoms with Crippen molar-refractivity contribution >= 4 is 16.9 Å². The second-order valence-electron chi connectivity index (χ2n) is 6.54. The largest absolute Gasteiger partial charge is 0.358 e. The molecule has 0 atom stereocenters. The zero-order valence-corrected chi connectivity index (χ0v) is 15.5. The van der Waals surface area contributed by atoms with Crippen molar-refractivity contribution in [1.29, 1.82) is 0 Å². The Morgan fingerprint density at radius 2 is 1.78 bits per heavy atom. The van der Waals surface area contributed by atoms with E-state index in [0.29, 0.717) is 30.7 Å². The number of hydrogen-bond donors (Lipinski definition) is 3. The summed E-state index contributed by atoms with van der Waals surface area (Å²) < 4.78 is 0. The first-order chi connectivity index (χ1) is 13.2. The lowest BCUT2D eigenvalue weighted by Crippen LogP contribution is -2.07. The molecule has 0 radical (unpaired) electrons. The Morgan fingerprint density at radius 1 is 0.963 bits per heavy atom. The third kappa shape index (κ3) is 3.39. The van der Waals surface area contributed by atoms with Gasteiger partial charge in [-0.2, -0.15) is 9.97 Å². The number of aryl methyl sites for hydroxylation is 2. The van der Waals surface area contributed by atoms with E-state index >= 15 is 0 Å². The fourth-order valence-corrected chi connectivity index (χ4v) is 3.32. The summed E-state index contributed by atoms with van der Waals surface area (Å²) in [5.74, 6) is 1.92. The predicted octanol–water partition coefficient (Wildman–Crippen LogP) is 3.71. The van der Waals surface area contributed by atoms with Gasteiger partial charge in [0.05, 0.1) is 5.52 Å². The summed E-state index contributed by atoms with van der Waals surface area (Å²) in [5.41, 5.74) is 11.2. The Morgan fingerprint density at radius 3 is 2.56 bits per heavy atom. The van der Waals surface area contributed by atoms with Gasteiger partial charge in [-0.1, -0.05) is 48.5 Å². The van der Waals surface area contributed by atoms with Crippen molar-refractivity contribution in [2.45, 2.75) is 26.9 Å². The van der Waals surface area contributed by atoms with Gasteiger partial charge in [-0.3, -0.25) is 0 Å². The van der Waals surface area contributed by atoms with Gasteiger partial charge in [-0.25, -0.2) is 4.98 Å². The molecular weight excluding hydrogens is 336 g/mol. The Kier molecular flexibility index (Phi) is 4.56. The normalized spacial score (nSPS) is 11.1. The number of nitrogens with two attached hydrogens (primary N) is 1. The van der Waals surface area contributed by atoms with Crippen LogP contribution in [0.25, 0.3) is 22.3 Å². The van der Waals surface area contributed by atoms with E-state index in [1.165, 1.54) is 5.56 Å². The lowest BCUT2D eigenvalue weighted by atomic mass is 10.1. The summed E-state index contributed by atoms with van der Waals surface area (Å²) in [6.45, 7) is 5.06. The van der Waals surface area contributed by atoms with Crippen molar-refractivity contribution in [3.8, 4) is 11.4 Å². The molecule has 0 spiro atoms. The smallest absolute Gasteiger partial charge is 0.226 e. The zero-order valence-electron chi connectivity index (χ0n) is 15.5. The van der Waals surface area contributed by atoms with Crippen molar-refractivity contribution in [3.63, 3.8) is 0 Å². The van der Waals surface area contributed by atoms with E-state index in [1.54, 1.807) is 0 Å². The van der Waals surface area contributed by atoms with Crippen LogP contribution in [0, 0.1) is 13.8 Å². The first-order valence-corrected chi connectivity index (χ1v) is 8.97. The third-order valence-electron chi connectivity index (χ3n) is 4.59. The van der Waals surface area contributed by atoms with Crippen molar-refractivity contribution in [2.75, 3.05) is 5.32 Å². The van der Waals surface area contributed by atoms with Gasteiger partial charge in [-0.15, -0.1) is 0 Å². The first-order valence-electron chi connectivity index (χ1n) is 8.97. The molecule has 0 saturated carbocycles. The Balaban J connectivity index is 1.73. The van der Waals surface area contributed by atoms with Crippen molar-refractivity contribution in [1.82, 2.24) is 19.9 Å². The quantitative estimate of drug-likeness (QED) is 0.506. The zero-order chi connectivity index (χ0) is 18.8. The maximum Gasteiger partial charge on any atom is 0.226 e. The number of fused-ring (bicyclic) bond motifs is 1. The highest BCUT2D eigenvalue weighted by Crippen LogP contribution is 2.32. The van der Waals surface area contributed by atoms with Crippen LogP contribution in [0.5, 0.6) is 0 Å². The summed E-state index contributed by atoms with van der Waals surface area (Å²) in [4.78, 5) is 17.1.